The summed E-state index contributed by atoms with van der Waals surface area (Å²) in [6.07, 6.45) is 1.73. The molecule has 0 aliphatic heterocycles. The van der Waals surface area contributed by atoms with Crippen LogP contribution < -0.4 is 11.1 Å². The molecule has 1 atom stereocenters. The Balaban J connectivity index is 2.41. The summed E-state index contributed by atoms with van der Waals surface area (Å²) < 4.78 is 5.12. The molecule has 8 heteroatoms. The molecule has 0 bridgehead atoms. The van der Waals surface area contributed by atoms with Gasteiger partial charge in [0, 0.05) is 7.05 Å². The Morgan fingerprint density at radius 3 is 2.54 bits per heavy atom. The molecule has 0 aliphatic carbocycles. The normalized spacial score (nSPS) is 11.4. The fourth-order valence-electron chi connectivity index (χ4n) is 1.87. The van der Waals surface area contributed by atoms with E-state index in [0.717, 1.165) is 10.5 Å². The highest BCUT2D eigenvalue weighted by Crippen LogP contribution is 2.03. The standard InChI is InChI=1S/C16H23N3O4S/c1-19(16(22)23-11-12-6-4-3-5-7-12)10-14(20)18-13(15(17)21)8-9-24-2/h3-7,13H,8-11H2,1-2H3,(H2,17,21)(H,18,20)/t13-/m0/s1. The van der Waals surface area contributed by atoms with E-state index in [1.165, 1.54) is 7.05 Å². The lowest BCUT2D eigenvalue weighted by Crippen LogP contribution is -2.48. The molecule has 3 N–H and O–H groups in total. The Bertz CT molecular complexity index is 554. The zero-order valence-corrected chi connectivity index (χ0v) is 14.7. The van der Waals surface area contributed by atoms with E-state index >= 15 is 0 Å². The Kier molecular flexibility index (Phi) is 8.70. The number of nitrogens with zero attached hydrogens (tertiary/aromatic N) is 1. The second kappa shape index (κ2) is 10.5. The minimum atomic E-state index is -0.737. The predicted molar refractivity (Wildman–Crippen MR) is 93.4 cm³/mol. The number of rotatable bonds is 9. The van der Waals surface area contributed by atoms with Crippen LogP contribution in [0.15, 0.2) is 30.3 Å². The van der Waals surface area contributed by atoms with E-state index in [-0.39, 0.29) is 13.2 Å². The summed E-state index contributed by atoms with van der Waals surface area (Å²) >= 11 is 1.55. The number of hydrogen-bond donors (Lipinski definition) is 2. The molecule has 0 saturated heterocycles. The van der Waals surface area contributed by atoms with Crippen molar-refractivity contribution in [2.24, 2.45) is 5.73 Å². The number of carbonyl (C=O) groups excluding carboxylic acids is 3. The van der Waals surface area contributed by atoms with Crippen molar-refractivity contribution in [2.45, 2.75) is 19.1 Å². The number of benzene rings is 1. The molecule has 0 aromatic heterocycles. The van der Waals surface area contributed by atoms with E-state index in [1.807, 2.05) is 36.6 Å². The molecule has 7 nitrogen and oxygen atoms in total. The van der Waals surface area contributed by atoms with E-state index in [1.54, 1.807) is 11.8 Å². The van der Waals surface area contributed by atoms with Crippen molar-refractivity contribution in [1.82, 2.24) is 10.2 Å². The molecule has 0 radical (unpaired) electrons. The lowest BCUT2D eigenvalue weighted by molar-refractivity contribution is -0.127. The molecule has 0 spiro atoms. The van der Waals surface area contributed by atoms with Crippen LogP contribution in [0.5, 0.6) is 0 Å². The number of hydrogen-bond acceptors (Lipinski definition) is 5. The Morgan fingerprint density at radius 2 is 1.96 bits per heavy atom. The van der Waals surface area contributed by atoms with Crippen LogP contribution in [-0.4, -0.2) is 54.5 Å². The number of thioether (sulfide) groups is 1. The molecule has 132 valence electrons. The van der Waals surface area contributed by atoms with Crippen molar-refractivity contribution < 1.29 is 19.1 Å². The lowest BCUT2D eigenvalue weighted by Gasteiger charge is -2.19. The highest BCUT2D eigenvalue weighted by Gasteiger charge is 2.20. The maximum atomic E-state index is 11.9. The Morgan fingerprint density at radius 1 is 1.29 bits per heavy atom. The van der Waals surface area contributed by atoms with Gasteiger partial charge in [0.15, 0.2) is 0 Å². The van der Waals surface area contributed by atoms with Gasteiger partial charge < -0.3 is 20.7 Å². The summed E-state index contributed by atoms with van der Waals surface area (Å²) in [6.45, 7) is -0.0834. The average Bonchev–Trinajstić information content (AvgIpc) is 2.56. The van der Waals surface area contributed by atoms with Gasteiger partial charge in [-0.2, -0.15) is 11.8 Å². The molecule has 24 heavy (non-hydrogen) atoms. The topological polar surface area (TPSA) is 102 Å². The average molecular weight is 353 g/mol. The SMILES string of the molecule is CSCC[C@H](NC(=O)CN(C)C(=O)OCc1ccccc1)C(N)=O. The van der Waals surface area contributed by atoms with E-state index in [9.17, 15) is 14.4 Å². The quantitative estimate of drug-likeness (QED) is 0.689. The maximum absolute atomic E-state index is 11.9. The molecule has 1 aromatic rings. The van der Waals surface area contributed by atoms with E-state index < -0.39 is 23.9 Å². The second-order valence-corrected chi connectivity index (χ2v) is 6.19. The van der Waals surface area contributed by atoms with Gasteiger partial charge >= 0.3 is 6.09 Å². The number of likely N-dealkylation sites (N-methyl/N-ethyl adjacent to an activating group) is 1. The van der Waals surface area contributed by atoms with Crippen LogP contribution in [-0.2, 0) is 20.9 Å². The summed E-state index contributed by atoms with van der Waals surface area (Å²) in [5.74, 6) is -0.353. The van der Waals surface area contributed by atoms with Gasteiger partial charge in [-0.3, -0.25) is 9.59 Å². The van der Waals surface area contributed by atoms with Gasteiger partial charge in [0.2, 0.25) is 11.8 Å². The number of amides is 3. The highest BCUT2D eigenvalue weighted by molar-refractivity contribution is 7.98. The molecule has 0 unspecified atom stereocenters. The van der Waals surface area contributed by atoms with Crippen molar-refractivity contribution in [3.8, 4) is 0 Å². The van der Waals surface area contributed by atoms with Crippen LogP contribution in [0.3, 0.4) is 0 Å². The molecule has 0 aliphatic rings. The van der Waals surface area contributed by atoms with E-state index in [0.29, 0.717) is 12.2 Å². The van der Waals surface area contributed by atoms with Crippen molar-refractivity contribution in [3.05, 3.63) is 35.9 Å². The summed E-state index contributed by atoms with van der Waals surface area (Å²) in [4.78, 5) is 36.3. The number of primary amides is 1. The first-order valence-electron chi connectivity index (χ1n) is 7.43. The number of carbonyl (C=O) groups is 3. The van der Waals surface area contributed by atoms with Gasteiger partial charge in [-0.25, -0.2) is 4.79 Å². The predicted octanol–water partition coefficient (Wildman–Crippen LogP) is 0.978. The van der Waals surface area contributed by atoms with Crippen molar-refractivity contribution >= 4 is 29.7 Å². The third kappa shape index (κ3) is 7.36. The van der Waals surface area contributed by atoms with E-state index in [2.05, 4.69) is 5.32 Å². The highest BCUT2D eigenvalue weighted by atomic mass is 32.2. The fourth-order valence-corrected chi connectivity index (χ4v) is 2.34. The minimum absolute atomic E-state index is 0.128. The smallest absolute Gasteiger partial charge is 0.410 e. The molecule has 1 rings (SSSR count). The number of ether oxygens (including phenoxy) is 1. The first-order chi connectivity index (χ1) is 11.4. The summed E-state index contributed by atoms with van der Waals surface area (Å²) in [5.41, 5.74) is 6.12. The van der Waals surface area contributed by atoms with Crippen LogP contribution in [0, 0.1) is 0 Å². The van der Waals surface area contributed by atoms with Crippen LogP contribution in [0.4, 0.5) is 4.79 Å². The largest absolute Gasteiger partial charge is 0.445 e. The van der Waals surface area contributed by atoms with E-state index in [4.69, 9.17) is 10.5 Å². The minimum Gasteiger partial charge on any atom is -0.445 e. The summed E-state index contributed by atoms with van der Waals surface area (Å²) in [6, 6.07) is 8.50. The molecule has 3 amide bonds. The van der Waals surface area contributed by atoms with Crippen LogP contribution in [0.1, 0.15) is 12.0 Å². The van der Waals surface area contributed by atoms with Crippen molar-refractivity contribution in [1.29, 1.82) is 0 Å². The lowest BCUT2D eigenvalue weighted by atomic mass is 10.2. The molecular formula is C16H23N3O4S. The van der Waals surface area contributed by atoms with Crippen molar-refractivity contribution in [3.63, 3.8) is 0 Å². The van der Waals surface area contributed by atoms with Crippen LogP contribution in [0.2, 0.25) is 0 Å². The second-order valence-electron chi connectivity index (χ2n) is 5.20. The first kappa shape index (κ1) is 19.8. The first-order valence-corrected chi connectivity index (χ1v) is 8.83. The zero-order valence-electron chi connectivity index (χ0n) is 13.9. The maximum Gasteiger partial charge on any atom is 0.410 e. The summed E-state index contributed by atoms with van der Waals surface area (Å²) in [7, 11) is 1.45. The fraction of sp³-hybridized carbons (Fsp3) is 0.438. The monoisotopic (exact) mass is 353 g/mol. The Hall–Kier alpha value is -2.22. The van der Waals surface area contributed by atoms with Gasteiger partial charge in [0.05, 0.1) is 0 Å². The Labute approximate surface area is 145 Å². The molecule has 0 saturated carbocycles. The molecular weight excluding hydrogens is 330 g/mol. The van der Waals surface area contributed by atoms with Crippen LogP contribution in [0.25, 0.3) is 0 Å². The number of nitrogens with two attached hydrogens (primary N) is 1. The third-order valence-corrected chi connectivity index (χ3v) is 3.83. The van der Waals surface area contributed by atoms with Gasteiger partial charge in [-0.05, 0) is 24.0 Å². The van der Waals surface area contributed by atoms with Gasteiger partial charge in [0.25, 0.3) is 0 Å². The summed E-state index contributed by atoms with van der Waals surface area (Å²) in [5, 5.41) is 2.53. The van der Waals surface area contributed by atoms with Crippen molar-refractivity contribution in [2.75, 3.05) is 25.6 Å². The van der Waals surface area contributed by atoms with Crippen LogP contribution >= 0.6 is 11.8 Å². The zero-order chi connectivity index (χ0) is 17.9. The molecule has 0 fully saturated rings. The van der Waals surface area contributed by atoms with Gasteiger partial charge in [-0.1, -0.05) is 30.3 Å². The number of nitrogens with one attached hydrogen (secondary N) is 1. The van der Waals surface area contributed by atoms with Gasteiger partial charge in [-0.15, -0.1) is 0 Å². The molecule has 1 aromatic carbocycles. The van der Waals surface area contributed by atoms with Gasteiger partial charge in [0.1, 0.15) is 19.2 Å². The molecule has 0 heterocycles. The third-order valence-electron chi connectivity index (χ3n) is 3.19.